The molecule has 0 spiro atoms. The van der Waals surface area contributed by atoms with Crippen molar-refractivity contribution in [2.75, 3.05) is 19.1 Å². The van der Waals surface area contributed by atoms with Crippen molar-refractivity contribution in [3.8, 4) is 6.07 Å². The maximum absolute atomic E-state index is 13.2. The first-order valence-electron chi connectivity index (χ1n) is 12.0. The molecule has 198 valence electrons. The van der Waals surface area contributed by atoms with E-state index >= 15 is 0 Å². The van der Waals surface area contributed by atoms with Crippen molar-refractivity contribution in [2.45, 2.75) is 42.5 Å². The molecule has 4 rings (SSSR count). The lowest BCUT2D eigenvalue weighted by Gasteiger charge is -2.36. The Morgan fingerprint density at radius 2 is 1.68 bits per heavy atom. The van der Waals surface area contributed by atoms with Crippen LogP contribution in [0.25, 0.3) is 0 Å². The summed E-state index contributed by atoms with van der Waals surface area (Å²) in [6.45, 7) is 0. The van der Waals surface area contributed by atoms with Crippen LogP contribution in [-0.4, -0.2) is 40.6 Å². The van der Waals surface area contributed by atoms with Gasteiger partial charge in [-0.25, -0.2) is 22.7 Å². The van der Waals surface area contributed by atoms with Crippen LogP contribution in [-0.2, 0) is 29.1 Å². The molecular weight excluding hydrogens is 508 g/mol. The minimum atomic E-state index is -3.90. The van der Waals surface area contributed by atoms with E-state index in [0.29, 0.717) is 5.56 Å². The molecule has 2 aromatic carbocycles. The average Bonchev–Trinajstić information content (AvgIpc) is 3.44. The molecule has 0 bridgehead atoms. The van der Waals surface area contributed by atoms with Gasteiger partial charge in [-0.3, -0.25) is 4.90 Å². The number of rotatable bonds is 7. The molecule has 1 aliphatic carbocycles. The molecule has 10 nitrogen and oxygen atoms in total. The smallest absolute Gasteiger partial charge is 0.355 e. The van der Waals surface area contributed by atoms with Crippen LogP contribution >= 0.6 is 0 Å². The number of benzene rings is 2. The van der Waals surface area contributed by atoms with Crippen LogP contribution in [0, 0.1) is 11.3 Å². The lowest BCUT2D eigenvalue weighted by molar-refractivity contribution is -0.139. The number of nitrogens with zero attached hydrogens (tertiary/aromatic N) is 2. The summed E-state index contributed by atoms with van der Waals surface area (Å²) in [4.78, 5) is 27.5. The van der Waals surface area contributed by atoms with Crippen molar-refractivity contribution < 1.29 is 27.5 Å². The Hall–Kier alpha value is -4.14. The maximum Gasteiger partial charge on any atom is 0.355 e. The quantitative estimate of drug-likeness (QED) is 0.509. The monoisotopic (exact) mass is 536 g/mol. The fourth-order valence-corrected chi connectivity index (χ4v) is 6.25. The molecule has 1 aliphatic heterocycles. The molecule has 1 saturated carbocycles. The zero-order valence-electron chi connectivity index (χ0n) is 21.0. The first-order valence-corrected chi connectivity index (χ1v) is 13.5. The number of nitrogens with one attached hydrogen (secondary N) is 1. The van der Waals surface area contributed by atoms with Crippen LogP contribution in [0.3, 0.4) is 0 Å². The SMILES string of the molecule is COC(=O)C1=C(C(=O)OC)N(c2cccc(S(=O)(=O)NC3CCCC3)c2)C(N)=C(C#N)C1c1ccccc1. The highest BCUT2D eigenvalue weighted by Crippen LogP contribution is 2.43. The van der Waals surface area contributed by atoms with Crippen LogP contribution in [0.2, 0.25) is 0 Å². The summed E-state index contributed by atoms with van der Waals surface area (Å²) in [6.07, 6.45) is 3.41. The van der Waals surface area contributed by atoms with Crippen molar-refractivity contribution in [3.05, 3.63) is 82.8 Å². The number of hydrogen-bond acceptors (Lipinski definition) is 9. The van der Waals surface area contributed by atoms with Gasteiger partial charge in [0, 0.05) is 11.7 Å². The standard InChI is InChI=1S/C27H28N4O6S/c1-36-26(32)23-22(17-9-4-3-5-10-17)21(16-28)25(29)31(24(23)27(33)37-2)19-13-8-14-20(15-19)38(34,35)30-18-11-6-7-12-18/h3-5,8-10,13-15,18,22,30H,6-7,11-12,29H2,1-2H3. The van der Waals surface area contributed by atoms with Crippen LogP contribution in [0.5, 0.6) is 0 Å². The molecule has 38 heavy (non-hydrogen) atoms. The molecule has 2 aliphatic rings. The molecule has 1 fully saturated rings. The first-order chi connectivity index (χ1) is 18.2. The van der Waals surface area contributed by atoms with E-state index in [2.05, 4.69) is 10.8 Å². The number of carbonyl (C=O) groups is 2. The zero-order valence-corrected chi connectivity index (χ0v) is 21.8. The van der Waals surface area contributed by atoms with Gasteiger partial charge in [0.25, 0.3) is 0 Å². The predicted octanol–water partition coefficient (Wildman–Crippen LogP) is 2.81. The van der Waals surface area contributed by atoms with Gasteiger partial charge in [0.1, 0.15) is 11.5 Å². The molecule has 0 saturated heterocycles. The number of sulfonamides is 1. The number of nitrogens with two attached hydrogens (primary N) is 1. The summed E-state index contributed by atoms with van der Waals surface area (Å²) in [5.74, 6) is -2.94. The van der Waals surface area contributed by atoms with E-state index in [0.717, 1.165) is 39.9 Å². The van der Waals surface area contributed by atoms with Crippen molar-refractivity contribution in [3.63, 3.8) is 0 Å². The summed E-state index contributed by atoms with van der Waals surface area (Å²) in [6, 6.07) is 16.3. The molecule has 0 radical (unpaired) electrons. The molecule has 11 heteroatoms. The summed E-state index contributed by atoms with van der Waals surface area (Å²) in [5, 5.41) is 10.1. The van der Waals surface area contributed by atoms with E-state index < -0.39 is 27.9 Å². The van der Waals surface area contributed by atoms with Crippen LogP contribution in [0.4, 0.5) is 5.69 Å². The highest BCUT2D eigenvalue weighted by atomic mass is 32.2. The van der Waals surface area contributed by atoms with Gasteiger partial charge < -0.3 is 15.2 Å². The number of esters is 2. The lowest BCUT2D eigenvalue weighted by Crippen LogP contribution is -2.41. The van der Waals surface area contributed by atoms with E-state index in [1.54, 1.807) is 30.3 Å². The number of anilines is 1. The van der Waals surface area contributed by atoms with Crippen LogP contribution < -0.4 is 15.4 Å². The second kappa shape index (κ2) is 11.1. The fourth-order valence-electron chi connectivity index (χ4n) is 4.90. The van der Waals surface area contributed by atoms with Gasteiger partial charge in [-0.15, -0.1) is 0 Å². The number of allylic oxidation sites excluding steroid dienone is 1. The highest BCUT2D eigenvalue weighted by Gasteiger charge is 2.43. The average molecular weight is 537 g/mol. The van der Waals surface area contributed by atoms with E-state index in [1.807, 2.05) is 0 Å². The van der Waals surface area contributed by atoms with Crippen molar-refractivity contribution in [1.82, 2.24) is 4.72 Å². The topological polar surface area (TPSA) is 152 Å². The summed E-state index contributed by atoms with van der Waals surface area (Å²) >= 11 is 0. The van der Waals surface area contributed by atoms with Crippen molar-refractivity contribution in [2.24, 2.45) is 5.73 Å². The Morgan fingerprint density at radius 3 is 2.29 bits per heavy atom. The van der Waals surface area contributed by atoms with Gasteiger partial charge in [0.15, 0.2) is 0 Å². The predicted molar refractivity (Wildman–Crippen MR) is 139 cm³/mol. The largest absolute Gasteiger partial charge is 0.466 e. The third-order valence-electron chi connectivity index (χ3n) is 6.67. The van der Waals surface area contributed by atoms with Gasteiger partial charge in [-0.2, -0.15) is 5.26 Å². The van der Waals surface area contributed by atoms with Crippen molar-refractivity contribution >= 4 is 27.6 Å². The lowest BCUT2D eigenvalue weighted by atomic mass is 9.81. The highest BCUT2D eigenvalue weighted by molar-refractivity contribution is 7.89. The molecule has 2 aromatic rings. The summed E-state index contributed by atoms with van der Waals surface area (Å²) < 4.78 is 39.1. The Kier molecular flexibility index (Phi) is 7.85. The van der Waals surface area contributed by atoms with E-state index in [9.17, 15) is 23.3 Å². The number of ether oxygens (including phenoxy) is 2. The normalized spacial score (nSPS) is 18.3. The second-order valence-corrected chi connectivity index (χ2v) is 10.6. The van der Waals surface area contributed by atoms with Gasteiger partial charge in [0.2, 0.25) is 10.0 Å². The van der Waals surface area contributed by atoms with Gasteiger partial charge in [-0.05, 0) is 36.6 Å². The van der Waals surface area contributed by atoms with Crippen LogP contribution in [0.15, 0.2) is 82.2 Å². The Bertz CT molecular complexity index is 1450. The number of carbonyl (C=O) groups excluding carboxylic acids is 2. The van der Waals surface area contributed by atoms with E-state index in [4.69, 9.17) is 15.2 Å². The number of nitriles is 1. The van der Waals surface area contributed by atoms with Gasteiger partial charge >= 0.3 is 11.9 Å². The fraction of sp³-hybridized carbons (Fsp3) is 0.296. The van der Waals surface area contributed by atoms with Crippen LogP contribution in [0.1, 0.15) is 37.2 Å². The molecule has 0 aromatic heterocycles. The second-order valence-electron chi connectivity index (χ2n) is 8.94. The Labute approximate surface area is 221 Å². The third-order valence-corrected chi connectivity index (χ3v) is 8.19. The molecular formula is C27H28N4O6S. The Morgan fingerprint density at radius 1 is 1.03 bits per heavy atom. The molecule has 1 unspecified atom stereocenters. The third kappa shape index (κ3) is 5.01. The van der Waals surface area contributed by atoms with E-state index in [1.165, 1.54) is 29.2 Å². The Balaban J connectivity index is 1.93. The summed E-state index contributed by atoms with van der Waals surface area (Å²) in [7, 11) is -1.59. The molecule has 3 N–H and O–H groups in total. The molecule has 0 amide bonds. The first kappa shape index (κ1) is 26.9. The minimum absolute atomic E-state index is 0.0124. The van der Waals surface area contributed by atoms with E-state index in [-0.39, 0.29) is 39.3 Å². The van der Waals surface area contributed by atoms with Crippen molar-refractivity contribution in [1.29, 1.82) is 5.26 Å². The number of methoxy groups -OCH3 is 2. The minimum Gasteiger partial charge on any atom is -0.466 e. The maximum atomic E-state index is 13.2. The summed E-state index contributed by atoms with van der Waals surface area (Å²) in [5.41, 5.74) is 6.73. The zero-order chi connectivity index (χ0) is 27.4. The molecule has 1 heterocycles. The van der Waals surface area contributed by atoms with Gasteiger partial charge in [0.05, 0.1) is 42.2 Å². The molecule has 1 atom stereocenters. The number of hydrogen-bond donors (Lipinski definition) is 2. The van der Waals surface area contributed by atoms with Gasteiger partial charge in [-0.1, -0.05) is 49.2 Å².